The van der Waals surface area contributed by atoms with Crippen molar-refractivity contribution in [3.8, 4) is 33.4 Å². The van der Waals surface area contributed by atoms with E-state index < -0.39 is 11.7 Å². The molecular formula is C55H33B2F3N2S. The lowest BCUT2D eigenvalue weighted by Gasteiger charge is -2.50. The molecule has 0 unspecified atom stereocenters. The van der Waals surface area contributed by atoms with E-state index in [9.17, 15) is 0 Å². The molecule has 0 amide bonds. The molecule has 4 heterocycles. The predicted molar refractivity (Wildman–Crippen MR) is 257 cm³/mol. The maximum atomic E-state index is 15.7. The topological polar surface area (TPSA) is 6.48 Å². The first-order chi connectivity index (χ1) is 30.9. The van der Waals surface area contributed by atoms with E-state index in [1.165, 1.54) is 28.5 Å². The Morgan fingerprint density at radius 3 is 1.52 bits per heavy atom. The minimum atomic E-state index is -4.64. The smallest absolute Gasteiger partial charge is 0.312 e. The summed E-state index contributed by atoms with van der Waals surface area (Å²) in [7, 11) is 0. The fourth-order valence-electron chi connectivity index (χ4n) is 10.8. The first-order valence-electron chi connectivity index (χ1n) is 21.2. The number of hydrogen-bond donors (Lipinski definition) is 0. The molecule has 13 rings (SSSR count). The van der Waals surface area contributed by atoms with E-state index in [-0.39, 0.29) is 19.1 Å². The number of hydrogen-bond acceptors (Lipinski definition) is 3. The molecule has 0 N–H and O–H groups in total. The Bertz CT molecular complexity index is 3330. The minimum Gasteiger partial charge on any atom is -0.312 e. The van der Waals surface area contributed by atoms with Gasteiger partial charge in [-0.25, -0.2) is 0 Å². The summed E-state index contributed by atoms with van der Waals surface area (Å²) in [5.74, 6) is 0. The lowest BCUT2D eigenvalue weighted by Crippen LogP contribution is -2.68. The van der Waals surface area contributed by atoms with E-state index in [0.29, 0.717) is 5.56 Å². The molecule has 0 saturated carbocycles. The van der Waals surface area contributed by atoms with E-state index in [1.807, 2.05) is 71.6 Å². The molecule has 296 valence electrons. The molecule has 0 atom stereocenters. The van der Waals surface area contributed by atoms with E-state index in [0.717, 1.165) is 82.4 Å². The standard InChI is InChI=1S/C55H33B2F3N2S/c58-55(59,60)40-22-14-21-39(36-19-8-3-9-20-36)53(40)62-45-25-12-10-23-41(45)56-43-31-37(34-15-4-1-5-16-34)27-29-46(43)61-47-30-28-38(35-17-6-2-7-18-35)32-44(47)57-42-24-11-13-26-49(42)63-50-33-48(62)51(56)54(61)52(50)57/h1-33H. The number of rotatable bonds is 4. The predicted octanol–water partition coefficient (Wildman–Crippen LogP) is 11.1. The maximum absolute atomic E-state index is 15.7. The lowest BCUT2D eigenvalue weighted by atomic mass is 9.29. The van der Waals surface area contributed by atoms with Crippen LogP contribution in [0.5, 0.6) is 0 Å². The molecule has 4 aliphatic heterocycles. The highest BCUT2D eigenvalue weighted by atomic mass is 32.2. The van der Waals surface area contributed by atoms with Crippen LogP contribution in [0, 0.1) is 0 Å². The molecule has 0 aromatic heterocycles. The van der Waals surface area contributed by atoms with Crippen molar-refractivity contribution < 1.29 is 13.2 Å². The molecule has 0 aliphatic carbocycles. The van der Waals surface area contributed by atoms with Gasteiger partial charge in [0.15, 0.2) is 0 Å². The van der Waals surface area contributed by atoms with Crippen LogP contribution >= 0.6 is 11.8 Å². The Balaban J connectivity index is 1.18. The second-order valence-electron chi connectivity index (χ2n) is 16.7. The number of nitrogens with zero attached hydrogens (tertiary/aromatic N) is 2. The molecular weight excluding hydrogens is 799 g/mol. The van der Waals surface area contributed by atoms with E-state index >= 15 is 13.2 Å². The molecule has 0 fully saturated rings. The number of halogens is 3. The summed E-state index contributed by atoms with van der Waals surface area (Å²) in [4.78, 5) is 6.58. The zero-order valence-electron chi connectivity index (χ0n) is 33.6. The van der Waals surface area contributed by atoms with Crippen LogP contribution in [0.4, 0.5) is 47.3 Å². The van der Waals surface area contributed by atoms with Crippen LogP contribution in [-0.2, 0) is 6.18 Å². The van der Waals surface area contributed by atoms with Crippen molar-refractivity contribution in [2.45, 2.75) is 16.0 Å². The van der Waals surface area contributed by atoms with Crippen molar-refractivity contribution in [1.29, 1.82) is 0 Å². The second kappa shape index (κ2) is 13.7. The van der Waals surface area contributed by atoms with Crippen LogP contribution in [0.3, 0.4) is 0 Å². The van der Waals surface area contributed by atoms with Crippen LogP contribution in [0.1, 0.15) is 5.56 Å². The zero-order valence-corrected chi connectivity index (χ0v) is 34.5. The van der Waals surface area contributed by atoms with Gasteiger partial charge in [0.25, 0.3) is 6.71 Å². The minimum absolute atomic E-state index is 0.105. The third-order valence-corrected chi connectivity index (χ3v) is 14.5. The SMILES string of the molecule is FC(F)(F)c1cccc(-c2ccccc2)c1N1c2ccccc2B2c3cc(-c4ccccc4)ccc3N3c4ccc(-c5ccccc5)cc4B4c5ccccc5Sc5cc1c2c3c54. The highest BCUT2D eigenvalue weighted by Crippen LogP contribution is 2.52. The Morgan fingerprint density at radius 2 is 0.889 bits per heavy atom. The van der Waals surface area contributed by atoms with Gasteiger partial charge in [0, 0.05) is 43.8 Å². The summed E-state index contributed by atoms with van der Waals surface area (Å²) in [6, 6.07) is 67.7. The van der Waals surface area contributed by atoms with Crippen LogP contribution < -0.4 is 42.6 Å². The first-order valence-corrected chi connectivity index (χ1v) is 22.0. The van der Waals surface area contributed by atoms with E-state index in [4.69, 9.17) is 0 Å². The lowest BCUT2D eigenvalue weighted by molar-refractivity contribution is -0.137. The molecule has 9 aromatic rings. The van der Waals surface area contributed by atoms with Crippen molar-refractivity contribution in [2.24, 2.45) is 0 Å². The zero-order chi connectivity index (χ0) is 42.0. The van der Waals surface area contributed by atoms with Crippen molar-refractivity contribution in [3.63, 3.8) is 0 Å². The van der Waals surface area contributed by atoms with Crippen molar-refractivity contribution in [1.82, 2.24) is 0 Å². The largest absolute Gasteiger partial charge is 0.418 e. The average Bonchev–Trinajstić information content (AvgIpc) is 3.33. The third-order valence-electron chi connectivity index (χ3n) is 13.3. The van der Waals surface area contributed by atoms with E-state index in [1.54, 1.807) is 11.8 Å². The summed E-state index contributed by atoms with van der Waals surface area (Å²) in [6.45, 7) is -0.375. The molecule has 0 radical (unpaired) electrons. The average molecular weight is 833 g/mol. The molecule has 2 nitrogen and oxygen atoms in total. The number of fused-ring (bicyclic) bond motifs is 10. The van der Waals surface area contributed by atoms with Gasteiger partial charge in [-0.05, 0) is 91.5 Å². The van der Waals surface area contributed by atoms with Crippen molar-refractivity contribution >= 4 is 92.1 Å². The van der Waals surface area contributed by atoms with Gasteiger partial charge in [0.05, 0.1) is 11.3 Å². The van der Waals surface area contributed by atoms with Crippen molar-refractivity contribution in [2.75, 3.05) is 9.80 Å². The van der Waals surface area contributed by atoms with Gasteiger partial charge >= 0.3 is 6.18 Å². The summed E-state index contributed by atoms with van der Waals surface area (Å²) < 4.78 is 47.2. The Morgan fingerprint density at radius 1 is 0.365 bits per heavy atom. The van der Waals surface area contributed by atoms with Gasteiger partial charge < -0.3 is 9.80 Å². The maximum Gasteiger partial charge on any atom is 0.418 e. The summed E-state index contributed by atoms with van der Waals surface area (Å²) >= 11 is 1.72. The van der Waals surface area contributed by atoms with Gasteiger partial charge in [0.2, 0.25) is 6.71 Å². The van der Waals surface area contributed by atoms with Crippen LogP contribution in [-0.4, -0.2) is 13.4 Å². The molecule has 9 aromatic carbocycles. The summed E-state index contributed by atoms with van der Waals surface area (Å²) in [5.41, 5.74) is 16.6. The molecule has 0 saturated heterocycles. The van der Waals surface area contributed by atoms with Gasteiger partial charge in [-0.2, -0.15) is 13.2 Å². The Labute approximate surface area is 368 Å². The third kappa shape index (κ3) is 5.37. The van der Waals surface area contributed by atoms with Crippen LogP contribution in [0.25, 0.3) is 33.4 Å². The quantitative estimate of drug-likeness (QED) is 0.163. The molecule has 4 aliphatic rings. The number of anilines is 6. The molecule has 0 spiro atoms. The van der Waals surface area contributed by atoms with Gasteiger partial charge in [-0.1, -0.05) is 181 Å². The first kappa shape index (κ1) is 36.5. The summed E-state index contributed by atoms with van der Waals surface area (Å²) in [6.07, 6.45) is -4.64. The highest BCUT2D eigenvalue weighted by Gasteiger charge is 2.51. The number of benzene rings is 9. The van der Waals surface area contributed by atoms with Crippen molar-refractivity contribution in [3.05, 3.63) is 206 Å². The summed E-state index contributed by atoms with van der Waals surface area (Å²) in [5, 5.41) is 0. The monoisotopic (exact) mass is 832 g/mol. The molecule has 63 heavy (non-hydrogen) atoms. The Hall–Kier alpha value is -7.15. The van der Waals surface area contributed by atoms with Gasteiger partial charge in [-0.15, -0.1) is 0 Å². The van der Waals surface area contributed by atoms with Crippen LogP contribution in [0.15, 0.2) is 210 Å². The number of alkyl halides is 3. The second-order valence-corrected chi connectivity index (χ2v) is 17.7. The van der Waals surface area contributed by atoms with E-state index in [2.05, 4.69) is 126 Å². The Kier molecular flexibility index (Phi) is 7.92. The fourth-order valence-corrected chi connectivity index (χ4v) is 11.9. The number of para-hydroxylation sites is 2. The van der Waals surface area contributed by atoms with Gasteiger partial charge in [0.1, 0.15) is 0 Å². The molecule has 0 bridgehead atoms. The van der Waals surface area contributed by atoms with Crippen LogP contribution in [0.2, 0.25) is 0 Å². The fraction of sp³-hybridized carbons (Fsp3) is 0.0182. The highest BCUT2D eigenvalue weighted by molar-refractivity contribution is 8.00. The normalized spacial score (nSPS) is 13.8. The van der Waals surface area contributed by atoms with Gasteiger partial charge in [-0.3, -0.25) is 0 Å². The molecule has 8 heteroatoms.